The fourth-order valence-corrected chi connectivity index (χ4v) is 2.38. The SMILES string of the molecule is CSc1ccc(NC(=O)CC(O)c2ccccc2)cc1F. The van der Waals surface area contributed by atoms with Crippen LogP contribution in [-0.2, 0) is 4.79 Å². The van der Waals surface area contributed by atoms with Gasteiger partial charge in [0.25, 0.3) is 0 Å². The first kappa shape index (κ1) is 15.5. The van der Waals surface area contributed by atoms with Crippen LogP contribution in [0.3, 0.4) is 0 Å². The maximum atomic E-state index is 13.6. The van der Waals surface area contributed by atoms with E-state index in [0.717, 1.165) is 0 Å². The van der Waals surface area contributed by atoms with Gasteiger partial charge in [0.1, 0.15) is 5.82 Å². The third-order valence-corrected chi connectivity index (χ3v) is 3.77. The molecule has 0 saturated carbocycles. The molecule has 2 aromatic carbocycles. The number of halogens is 1. The van der Waals surface area contributed by atoms with Gasteiger partial charge in [-0.15, -0.1) is 11.8 Å². The van der Waals surface area contributed by atoms with Crippen molar-refractivity contribution in [2.45, 2.75) is 17.4 Å². The highest BCUT2D eigenvalue weighted by Gasteiger charge is 2.13. The molecule has 0 aliphatic heterocycles. The van der Waals surface area contributed by atoms with Gasteiger partial charge >= 0.3 is 0 Å². The van der Waals surface area contributed by atoms with E-state index in [2.05, 4.69) is 5.32 Å². The van der Waals surface area contributed by atoms with Gasteiger partial charge in [0, 0.05) is 10.6 Å². The number of anilines is 1. The zero-order valence-corrected chi connectivity index (χ0v) is 12.4. The molecule has 110 valence electrons. The minimum Gasteiger partial charge on any atom is -0.388 e. The summed E-state index contributed by atoms with van der Waals surface area (Å²) >= 11 is 1.30. The van der Waals surface area contributed by atoms with Crippen molar-refractivity contribution in [1.29, 1.82) is 0 Å². The molecule has 1 unspecified atom stereocenters. The summed E-state index contributed by atoms with van der Waals surface area (Å²) in [7, 11) is 0. The Labute approximate surface area is 127 Å². The number of rotatable bonds is 5. The van der Waals surface area contributed by atoms with Crippen molar-refractivity contribution in [3.05, 3.63) is 59.9 Å². The van der Waals surface area contributed by atoms with E-state index in [1.54, 1.807) is 42.7 Å². The van der Waals surface area contributed by atoms with Crippen LogP contribution in [0.4, 0.5) is 10.1 Å². The second-order valence-electron chi connectivity index (χ2n) is 4.53. The molecule has 0 spiro atoms. The van der Waals surface area contributed by atoms with Crippen LogP contribution in [0.15, 0.2) is 53.4 Å². The summed E-state index contributed by atoms with van der Waals surface area (Å²) in [6, 6.07) is 13.5. The Morgan fingerprint density at radius 2 is 2.00 bits per heavy atom. The normalized spacial score (nSPS) is 12.0. The van der Waals surface area contributed by atoms with Crippen molar-refractivity contribution in [3.63, 3.8) is 0 Å². The third kappa shape index (κ3) is 4.31. The number of benzene rings is 2. The number of aliphatic hydroxyl groups excluding tert-OH is 1. The Bertz CT molecular complexity index is 619. The third-order valence-electron chi connectivity index (χ3n) is 3.00. The summed E-state index contributed by atoms with van der Waals surface area (Å²) in [6.07, 6.45) is 0.838. The Morgan fingerprint density at radius 1 is 1.29 bits per heavy atom. The van der Waals surface area contributed by atoms with E-state index in [9.17, 15) is 14.3 Å². The van der Waals surface area contributed by atoms with E-state index in [-0.39, 0.29) is 18.1 Å². The highest BCUT2D eigenvalue weighted by molar-refractivity contribution is 7.98. The molecule has 2 aromatic rings. The van der Waals surface area contributed by atoms with E-state index in [1.807, 2.05) is 6.07 Å². The summed E-state index contributed by atoms with van der Waals surface area (Å²) in [5, 5.41) is 12.6. The number of aliphatic hydroxyl groups is 1. The van der Waals surface area contributed by atoms with Gasteiger partial charge in [-0.25, -0.2) is 4.39 Å². The zero-order chi connectivity index (χ0) is 15.2. The Kier molecular flexibility index (Phi) is 5.36. The highest BCUT2D eigenvalue weighted by atomic mass is 32.2. The van der Waals surface area contributed by atoms with Crippen LogP contribution >= 0.6 is 11.8 Å². The minimum atomic E-state index is -0.874. The molecule has 0 aliphatic rings. The van der Waals surface area contributed by atoms with Gasteiger partial charge in [0.15, 0.2) is 0 Å². The first-order valence-corrected chi connectivity index (χ1v) is 7.69. The average molecular weight is 305 g/mol. The van der Waals surface area contributed by atoms with Gasteiger partial charge in [0.2, 0.25) is 5.91 Å². The monoisotopic (exact) mass is 305 g/mol. The van der Waals surface area contributed by atoms with Gasteiger partial charge in [-0.3, -0.25) is 4.79 Å². The van der Waals surface area contributed by atoms with E-state index in [4.69, 9.17) is 0 Å². The number of carbonyl (C=O) groups is 1. The number of carbonyl (C=O) groups excluding carboxylic acids is 1. The van der Waals surface area contributed by atoms with E-state index < -0.39 is 6.10 Å². The minimum absolute atomic E-state index is 0.0735. The van der Waals surface area contributed by atoms with Crippen LogP contribution in [-0.4, -0.2) is 17.3 Å². The van der Waals surface area contributed by atoms with Gasteiger partial charge in [-0.05, 0) is 30.0 Å². The fourth-order valence-electron chi connectivity index (χ4n) is 1.92. The lowest BCUT2D eigenvalue weighted by Gasteiger charge is -2.11. The van der Waals surface area contributed by atoms with Crippen molar-refractivity contribution in [2.24, 2.45) is 0 Å². The highest BCUT2D eigenvalue weighted by Crippen LogP contribution is 2.23. The number of hydrogen-bond donors (Lipinski definition) is 2. The first-order chi connectivity index (χ1) is 10.1. The molecule has 2 rings (SSSR count). The molecule has 0 bridgehead atoms. The molecule has 21 heavy (non-hydrogen) atoms. The quantitative estimate of drug-likeness (QED) is 0.830. The molecular formula is C16H16FNO2S. The van der Waals surface area contributed by atoms with Crippen LogP contribution < -0.4 is 5.32 Å². The van der Waals surface area contributed by atoms with Crippen molar-refractivity contribution < 1.29 is 14.3 Å². The van der Waals surface area contributed by atoms with Crippen molar-refractivity contribution in [3.8, 4) is 0 Å². The summed E-state index contributed by atoms with van der Waals surface area (Å²) in [4.78, 5) is 12.4. The number of hydrogen-bond acceptors (Lipinski definition) is 3. The maximum Gasteiger partial charge on any atom is 0.227 e. The van der Waals surface area contributed by atoms with E-state index in [0.29, 0.717) is 16.1 Å². The molecular weight excluding hydrogens is 289 g/mol. The maximum absolute atomic E-state index is 13.6. The standard InChI is InChI=1S/C16H16FNO2S/c1-21-15-8-7-12(9-13(15)17)18-16(20)10-14(19)11-5-3-2-4-6-11/h2-9,14,19H,10H2,1H3,(H,18,20). The number of thioether (sulfide) groups is 1. The summed E-state index contributed by atoms with van der Waals surface area (Å²) in [5.74, 6) is -0.730. The van der Waals surface area contributed by atoms with E-state index >= 15 is 0 Å². The lowest BCUT2D eigenvalue weighted by molar-refractivity contribution is -0.118. The Hall–Kier alpha value is -1.85. The molecule has 0 aliphatic carbocycles. The molecule has 0 fully saturated rings. The molecule has 0 aromatic heterocycles. The van der Waals surface area contributed by atoms with Crippen LogP contribution in [0, 0.1) is 5.82 Å². The molecule has 5 heteroatoms. The largest absolute Gasteiger partial charge is 0.388 e. The average Bonchev–Trinajstić information content (AvgIpc) is 2.48. The number of nitrogens with one attached hydrogen (secondary N) is 1. The first-order valence-electron chi connectivity index (χ1n) is 6.46. The molecule has 3 nitrogen and oxygen atoms in total. The fraction of sp³-hybridized carbons (Fsp3) is 0.188. The lowest BCUT2D eigenvalue weighted by atomic mass is 10.1. The van der Waals surface area contributed by atoms with E-state index in [1.165, 1.54) is 17.8 Å². The second kappa shape index (κ2) is 7.24. The second-order valence-corrected chi connectivity index (χ2v) is 5.38. The van der Waals surface area contributed by atoms with Gasteiger partial charge < -0.3 is 10.4 Å². The molecule has 1 atom stereocenters. The van der Waals surface area contributed by atoms with Crippen LogP contribution in [0.5, 0.6) is 0 Å². The summed E-state index contributed by atoms with van der Waals surface area (Å²) < 4.78 is 13.6. The molecule has 1 amide bonds. The van der Waals surface area contributed by atoms with Crippen LogP contribution in [0.1, 0.15) is 18.1 Å². The van der Waals surface area contributed by atoms with Gasteiger partial charge in [-0.1, -0.05) is 30.3 Å². The van der Waals surface area contributed by atoms with Gasteiger partial charge in [-0.2, -0.15) is 0 Å². The van der Waals surface area contributed by atoms with Crippen molar-refractivity contribution in [2.75, 3.05) is 11.6 Å². The topological polar surface area (TPSA) is 49.3 Å². The van der Waals surface area contributed by atoms with Crippen molar-refractivity contribution >= 4 is 23.4 Å². The molecule has 2 N–H and O–H groups in total. The molecule has 0 radical (unpaired) electrons. The van der Waals surface area contributed by atoms with Crippen LogP contribution in [0.25, 0.3) is 0 Å². The Balaban J connectivity index is 1.97. The van der Waals surface area contributed by atoms with Crippen molar-refractivity contribution in [1.82, 2.24) is 0 Å². The predicted molar refractivity (Wildman–Crippen MR) is 82.8 cm³/mol. The predicted octanol–water partition coefficient (Wildman–Crippen LogP) is 3.61. The summed E-state index contributed by atoms with van der Waals surface area (Å²) in [6.45, 7) is 0. The Morgan fingerprint density at radius 3 is 2.62 bits per heavy atom. The summed E-state index contributed by atoms with van der Waals surface area (Å²) in [5.41, 5.74) is 1.06. The lowest BCUT2D eigenvalue weighted by Crippen LogP contribution is -2.15. The molecule has 0 saturated heterocycles. The molecule has 0 heterocycles. The zero-order valence-electron chi connectivity index (χ0n) is 11.5. The smallest absolute Gasteiger partial charge is 0.227 e. The number of amides is 1. The van der Waals surface area contributed by atoms with Gasteiger partial charge in [0.05, 0.1) is 12.5 Å². The van der Waals surface area contributed by atoms with Crippen LogP contribution in [0.2, 0.25) is 0 Å².